The summed E-state index contributed by atoms with van der Waals surface area (Å²) >= 11 is 0. The van der Waals surface area contributed by atoms with Crippen molar-refractivity contribution in [2.45, 2.75) is 32.8 Å². The molecule has 1 aromatic carbocycles. The van der Waals surface area contributed by atoms with Gasteiger partial charge in [-0.15, -0.1) is 0 Å². The van der Waals surface area contributed by atoms with E-state index in [0.717, 1.165) is 0 Å². The van der Waals surface area contributed by atoms with Crippen LogP contribution < -0.4 is 5.32 Å². The highest BCUT2D eigenvalue weighted by molar-refractivity contribution is 5.90. The molecule has 0 saturated carbocycles. The fourth-order valence-corrected chi connectivity index (χ4v) is 2.52. The van der Waals surface area contributed by atoms with Crippen LogP contribution in [0.25, 0.3) is 0 Å². The molecular formula is C18H26FN3O3. The van der Waals surface area contributed by atoms with Crippen LogP contribution in [0.3, 0.4) is 0 Å². The van der Waals surface area contributed by atoms with Gasteiger partial charge in [-0.1, -0.05) is 12.1 Å². The van der Waals surface area contributed by atoms with Gasteiger partial charge in [0, 0.05) is 39.1 Å². The molecule has 0 radical (unpaired) electrons. The topological polar surface area (TPSA) is 61.9 Å². The molecule has 1 aliphatic rings. The second kappa shape index (κ2) is 8.29. The predicted molar refractivity (Wildman–Crippen MR) is 93.9 cm³/mol. The summed E-state index contributed by atoms with van der Waals surface area (Å²) in [7, 11) is 0. The molecule has 0 unspecified atom stereocenters. The van der Waals surface area contributed by atoms with E-state index in [1.165, 1.54) is 12.1 Å². The Hall–Kier alpha value is -2.15. The first-order chi connectivity index (χ1) is 11.7. The number of hydrogen-bond donors (Lipinski definition) is 1. The third kappa shape index (κ3) is 6.34. The van der Waals surface area contributed by atoms with E-state index < -0.39 is 11.4 Å². The maximum absolute atomic E-state index is 13.5. The molecule has 25 heavy (non-hydrogen) atoms. The Morgan fingerprint density at radius 3 is 2.40 bits per heavy atom. The second-order valence-electron chi connectivity index (χ2n) is 7.09. The summed E-state index contributed by atoms with van der Waals surface area (Å²) < 4.78 is 18.9. The number of ether oxygens (including phenoxy) is 1. The smallest absolute Gasteiger partial charge is 0.410 e. The minimum Gasteiger partial charge on any atom is -0.444 e. The first-order valence-corrected chi connectivity index (χ1v) is 8.49. The molecule has 2 amide bonds. The van der Waals surface area contributed by atoms with Crippen LogP contribution in [-0.2, 0) is 9.53 Å². The van der Waals surface area contributed by atoms with E-state index >= 15 is 0 Å². The quantitative estimate of drug-likeness (QED) is 0.906. The third-order valence-corrected chi connectivity index (χ3v) is 3.83. The van der Waals surface area contributed by atoms with E-state index in [0.29, 0.717) is 32.7 Å². The van der Waals surface area contributed by atoms with Gasteiger partial charge in [-0.3, -0.25) is 9.69 Å². The van der Waals surface area contributed by atoms with Gasteiger partial charge < -0.3 is 15.0 Å². The van der Waals surface area contributed by atoms with Crippen LogP contribution in [0.1, 0.15) is 27.2 Å². The van der Waals surface area contributed by atoms with Crippen LogP contribution in [0.5, 0.6) is 0 Å². The molecule has 7 heteroatoms. The Bertz CT molecular complexity index is 608. The number of carbonyl (C=O) groups is 2. The number of hydrogen-bond acceptors (Lipinski definition) is 4. The zero-order chi connectivity index (χ0) is 18.4. The number of nitrogens with one attached hydrogen (secondary N) is 1. The number of benzene rings is 1. The molecule has 0 atom stereocenters. The number of nitrogens with zero attached hydrogens (tertiary/aromatic N) is 2. The van der Waals surface area contributed by atoms with Crippen molar-refractivity contribution in [1.29, 1.82) is 0 Å². The van der Waals surface area contributed by atoms with Gasteiger partial charge in [-0.2, -0.15) is 0 Å². The molecule has 1 saturated heterocycles. The summed E-state index contributed by atoms with van der Waals surface area (Å²) in [6.45, 7) is 8.62. The third-order valence-electron chi connectivity index (χ3n) is 3.83. The van der Waals surface area contributed by atoms with Gasteiger partial charge in [0.1, 0.15) is 11.4 Å². The van der Waals surface area contributed by atoms with Crippen molar-refractivity contribution in [3.63, 3.8) is 0 Å². The summed E-state index contributed by atoms with van der Waals surface area (Å²) in [5, 5.41) is 2.58. The molecule has 0 spiro atoms. The Labute approximate surface area is 147 Å². The maximum Gasteiger partial charge on any atom is 0.410 e. The summed E-state index contributed by atoms with van der Waals surface area (Å²) in [5.41, 5.74) is -0.304. The second-order valence-corrected chi connectivity index (χ2v) is 7.09. The lowest BCUT2D eigenvalue weighted by molar-refractivity contribution is -0.116. The highest BCUT2D eigenvalue weighted by Crippen LogP contribution is 2.14. The monoisotopic (exact) mass is 351 g/mol. The number of para-hydroxylation sites is 1. The largest absolute Gasteiger partial charge is 0.444 e. The number of rotatable bonds is 4. The standard InChI is InChI=1S/C18H26FN3O3/c1-18(2,3)25-17(24)22-12-10-21(11-13-22)9-8-16(23)20-15-7-5-4-6-14(15)19/h4-7H,8-13H2,1-3H3,(H,20,23). The summed E-state index contributed by atoms with van der Waals surface area (Å²) in [6, 6.07) is 6.10. The van der Waals surface area contributed by atoms with E-state index in [2.05, 4.69) is 10.2 Å². The normalized spacial score (nSPS) is 15.8. The Morgan fingerprint density at radius 1 is 1.16 bits per heavy atom. The lowest BCUT2D eigenvalue weighted by atomic mass is 10.2. The lowest BCUT2D eigenvalue weighted by Gasteiger charge is -2.35. The van der Waals surface area contributed by atoms with Crippen molar-refractivity contribution in [2.24, 2.45) is 0 Å². The van der Waals surface area contributed by atoms with Gasteiger partial charge in [0.25, 0.3) is 0 Å². The predicted octanol–water partition coefficient (Wildman–Crippen LogP) is 2.71. The van der Waals surface area contributed by atoms with Gasteiger partial charge in [0.15, 0.2) is 0 Å². The van der Waals surface area contributed by atoms with Crippen molar-refractivity contribution >= 4 is 17.7 Å². The van der Waals surface area contributed by atoms with E-state index in [9.17, 15) is 14.0 Å². The van der Waals surface area contributed by atoms with Gasteiger partial charge in [0.05, 0.1) is 5.69 Å². The molecular weight excluding hydrogens is 325 g/mol. The van der Waals surface area contributed by atoms with Crippen molar-refractivity contribution in [3.05, 3.63) is 30.1 Å². The Kier molecular flexibility index (Phi) is 6.36. The number of halogens is 1. The number of amides is 2. The molecule has 0 bridgehead atoms. The molecule has 0 aliphatic carbocycles. The van der Waals surface area contributed by atoms with Gasteiger partial charge in [-0.25, -0.2) is 9.18 Å². The minimum absolute atomic E-state index is 0.197. The lowest BCUT2D eigenvalue weighted by Crippen LogP contribution is -2.50. The van der Waals surface area contributed by atoms with E-state index in [4.69, 9.17) is 4.74 Å². The van der Waals surface area contributed by atoms with Crippen LogP contribution in [0, 0.1) is 5.82 Å². The van der Waals surface area contributed by atoms with Crippen LogP contribution in [0.4, 0.5) is 14.9 Å². The first-order valence-electron chi connectivity index (χ1n) is 8.49. The molecule has 1 aromatic rings. The summed E-state index contributed by atoms with van der Waals surface area (Å²) in [4.78, 5) is 27.7. The number of carbonyl (C=O) groups excluding carboxylic acids is 2. The maximum atomic E-state index is 13.5. The molecule has 2 rings (SSSR count). The zero-order valence-electron chi connectivity index (χ0n) is 15.0. The minimum atomic E-state index is -0.501. The average Bonchev–Trinajstić information content (AvgIpc) is 2.54. The van der Waals surface area contributed by atoms with Crippen molar-refractivity contribution in [2.75, 3.05) is 38.0 Å². The first kappa shape index (κ1) is 19.2. The van der Waals surface area contributed by atoms with E-state index in [1.807, 2.05) is 20.8 Å². The summed E-state index contributed by atoms with van der Waals surface area (Å²) in [6.07, 6.45) is -0.0229. The number of anilines is 1. The fourth-order valence-electron chi connectivity index (χ4n) is 2.52. The molecule has 1 fully saturated rings. The van der Waals surface area contributed by atoms with Crippen LogP contribution >= 0.6 is 0 Å². The average molecular weight is 351 g/mol. The Balaban J connectivity index is 1.71. The molecule has 1 aliphatic heterocycles. The Morgan fingerprint density at radius 2 is 1.80 bits per heavy atom. The molecule has 6 nitrogen and oxygen atoms in total. The van der Waals surface area contributed by atoms with Crippen LogP contribution in [0.2, 0.25) is 0 Å². The fraction of sp³-hybridized carbons (Fsp3) is 0.556. The van der Waals surface area contributed by atoms with Crippen LogP contribution in [0.15, 0.2) is 24.3 Å². The molecule has 0 aromatic heterocycles. The summed E-state index contributed by atoms with van der Waals surface area (Å²) in [5.74, 6) is -0.665. The van der Waals surface area contributed by atoms with Gasteiger partial charge >= 0.3 is 6.09 Å². The van der Waals surface area contributed by atoms with Crippen molar-refractivity contribution < 1.29 is 18.7 Å². The number of piperazine rings is 1. The molecule has 1 N–H and O–H groups in total. The van der Waals surface area contributed by atoms with Crippen LogP contribution in [-0.4, -0.2) is 60.1 Å². The zero-order valence-corrected chi connectivity index (χ0v) is 15.0. The SMILES string of the molecule is CC(C)(C)OC(=O)N1CCN(CCC(=O)Nc2ccccc2F)CC1. The van der Waals surface area contributed by atoms with Crippen molar-refractivity contribution in [3.8, 4) is 0 Å². The van der Waals surface area contributed by atoms with E-state index in [-0.39, 0.29) is 24.1 Å². The highest BCUT2D eigenvalue weighted by atomic mass is 19.1. The molecule has 1 heterocycles. The van der Waals surface area contributed by atoms with E-state index in [1.54, 1.807) is 17.0 Å². The van der Waals surface area contributed by atoms with Crippen molar-refractivity contribution in [1.82, 2.24) is 9.80 Å². The highest BCUT2D eigenvalue weighted by Gasteiger charge is 2.25. The van der Waals surface area contributed by atoms with Gasteiger partial charge in [0.2, 0.25) is 5.91 Å². The van der Waals surface area contributed by atoms with Gasteiger partial charge in [-0.05, 0) is 32.9 Å². The molecule has 138 valence electrons.